The van der Waals surface area contributed by atoms with Crippen molar-refractivity contribution in [2.45, 2.75) is 18.5 Å². The van der Waals surface area contributed by atoms with Crippen molar-refractivity contribution >= 4 is 5.91 Å². The zero-order valence-electron chi connectivity index (χ0n) is 11.8. The Morgan fingerprint density at radius 2 is 1.68 bits per heavy atom. The van der Waals surface area contributed by atoms with E-state index in [0.29, 0.717) is 17.1 Å². The van der Waals surface area contributed by atoms with Crippen LogP contribution in [0.2, 0.25) is 0 Å². The Kier molecular flexibility index (Phi) is 5.56. The Balaban J connectivity index is 2.63. The number of hydrogen-bond donors (Lipinski definition) is 1. The molecule has 0 spiro atoms. The molecule has 1 aromatic carbocycles. The van der Waals surface area contributed by atoms with E-state index in [9.17, 15) is 26.7 Å². The molecule has 124 valence electrons. The number of hydrogen-bond acceptors (Lipinski definition) is 3. The fourth-order valence-corrected chi connectivity index (χ4v) is 1.60. The zero-order valence-corrected chi connectivity index (χ0v) is 11.8. The maximum absolute atomic E-state index is 12.7. The van der Waals surface area contributed by atoms with Crippen molar-refractivity contribution in [3.63, 3.8) is 0 Å². The summed E-state index contributed by atoms with van der Waals surface area (Å²) in [5.74, 6) is -6.96. The molecule has 1 aromatic rings. The number of benzene rings is 1. The third-order valence-corrected chi connectivity index (χ3v) is 2.79. The summed E-state index contributed by atoms with van der Waals surface area (Å²) in [5.41, 5.74) is 0.577. The Bertz CT molecular complexity index is 531. The third-order valence-electron chi connectivity index (χ3n) is 2.79. The van der Waals surface area contributed by atoms with Crippen LogP contribution in [0, 0.1) is 0 Å². The lowest BCUT2D eigenvalue weighted by Crippen LogP contribution is -2.50. The van der Waals surface area contributed by atoms with Gasteiger partial charge in [-0.1, -0.05) is 6.07 Å². The number of ether oxygens (including phenoxy) is 2. The Morgan fingerprint density at radius 1 is 1.09 bits per heavy atom. The normalized spacial score (nSPS) is 12.0. The van der Waals surface area contributed by atoms with Crippen LogP contribution >= 0.6 is 0 Å². The number of rotatable bonds is 6. The first-order chi connectivity index (χ1) is 10.1. The molecule has 0 aromatic heterocycles. The average molecular weight is 327 g/mol. The highest BCUT2D eigenvalue weighted by Crippen LogP contribution is 2.35. The summed E-state index contributed by atoms with van der Waals surface area (Å²) in [4.78, 5) is 10.9. The largest absolute Gasteiger partial charge is 0.493 e. The molecule has 0 saturated heterocycles. The Labute approximate surface area is 123 Å². The van der Waals surface area contributed by atoms with Crippen molar-refractivity contribution < 1.29 is 36.2 Å². The van der Waals surface area contributed by atoms with Gasteiger partial charge < -0.3 is 14.8 Å². The van der Waals surface area contributed by atoms with Gasteiger partial charge in [-0.05, 0) is 24.1 Å². The summed E-state index contributed by atoms with van der Waals surface area (Å²) < 4.78 is 71.3. The van der Waals surface area contributed by atoms with E-state index >= 15 is 0 Å². The van der Waals surface area contributed by atoms with E-state index in [1.165, 1.54) is 20.3 Å². The average Bonchev–Trinajstić information content (AvgIpc) is 2.45. The molecule has 0 unspecified atom stereocenters. The first-order valence-electron chi connectivity index (χ1n) is 6.07. The summed E-state index contributed by atoms with van der Waals surface area (Å²) in [7, 11) is 2.82. The SMILES string of the molecule is COc1ccc(CCNC(=O)C(F)(F)C(F)(F)F)cc1OC. The van der Waals surface area contributed by atoms with Crippen LogP contribution < -0.4 is 14.8 Å². The van der Waals surface area contributed by atoms with E-state index in [-0.39, 0.29) is 13.0 Å². The van der Waals surface area contributed by atoms with E-state index in [2.05, 4.69) is 0 Å². The van der Waals surface area contributed by atoms with Gasteiger partial charge in [0.2, 0.25) is 0 Å². The summed E-state index contributed by atoms with van der Waals surface area (Å²) >= 11 is 0. The molecule has 1 amide bonds. The van der Waals surface area contributed by atoms with Gasteiger partial charge in [0.1, 0.15) is 0 Å². The number of nitrogens with one attached hydrogen (secondary N) is 1. The van der Waals surface area contributed by atoms with E-state index in [1.807, 2.05) is 0 Å². The van der Waals surface area contributed by atoms with Gasteiger partial charge in [0, 0.05) is 6.54 Å². The van der Waals surface area contributed by atoms with Crippen LogP contribution in [-0.4, -0.2) is 38.8 Å². The maximum atomic E-state index is 12.7. The Morgan fingerprint density at radius 3 is 2.18 bits per heavy atom. The molecule has 4 nitrogen and oxygen atoms in total. The van der Waals surface area contributed by atoms with Crippen molar-refractivity contribution in [1.82, 2.24) is 5.32 Å². The van der Waals surface area contributed by atoms with Crippen LogP contribution in [-0.2, 0) is 11.2 Å². The van der Waals surface area contributed by atoms with Gasteiger partial charge in [-0.3, -0.25) is 4.79 Å². The lowest BCUT2D eigenvalue weighted by Gasteiger charge is -2.18. The monoisotopic (exact) mass is 327 g/mol. The summed E-state index contributed by atoms with van der Waals surface area (Å²) in [6, 6.07) is 4.67. The van der Waals surface area contributed by atoms with E-state index in [0.717, 1.165) is 0 Å². The topological polar surface area (TPSA) is 47.6 Å². The van der Waals surface area contributed by atoms with Crippen LogP contribution in [0.1, 0.15) is 5.56 Å². The van der Waals surface area contributed by atoms with E-state index in [1.54, 1.807) is 17.4 Å². The molecule has 0 atom stereocenters. The second kappa shape index (κ2) is 6.80. The summed E-state index contributed by atoms with van der Waals surface area (Å²) in [5, 5.41) is 1.56. The molecule has 0 fully saturated rings. The van der Waals surface area contributed by atoms with Crippen LogP contribution in [0.3, 0.4) is 0 Å². The lowest BCUT2D eigenvalue weighted by atomic mass is 10.1. The molecule has 0 aliphatic rings. The van der Waals surface area contributed by atoms with Gasteiger partial charge in [0.05, 0.1) is 14.2 Å². The van der Waals surface area contributed by atoms with Gasteiger partial charge in [-0.15, -0.1) is 0 Å². The summed E-state index contributed by atoms with van der Waals surface area (Å²) in [6.07, 6.45) is -5.86. The molecule has 0 saturated carbocycles. The predicted molar refractivity (Wildman–Crippen MR) is 67.3 cm³/mol. The number of carbonyl (C=O) groups excluding carboxylic acids is 1. The van der Waals surface area contributed by atoms with Gasteiger partial charge in [0.15, 0.2) is 11.5 Å². The number of halogens is 5. The standard InChI is InChI=1S/C13H14F5NO3/c1-21-9-4-3-8(7-10(9)22-2)5-6-19-11(20)12(14,15)13(16,17)18/h3-4,7H,5-6H2,1-2H3,(H,19,20). The van der Waals surface area contributed by atoms with Gasteiger partial charge >= 0.3 is 12.1 Å². The highest BCUT2D eigenvalue weighted by molar-refractivity contribution is 5.84. The molecule has 9 heteroatoms. The van der Waals surface area contributed by atoms with E-state index in [4.69, 9.17) is 9.47 Å². The van der Waals surface area contributed by atoms with Crippen molar-refractivity contribution in [2.75, 3.05) is 20.8 Å². The maximum Gasteiger partial charge on any atom is 0.463 e. The van der Waals surface area contributed by atoms with Crippen molar-refractivity contribution in [3.05, 3.63) is 23.8 Å². The second-order valence-electron chi connectivity index (χ2n) is 4.27. The minimum Gasteiger partial charge on any atom is -0.493 e. The van der Waals surface area contributed by atoms with Crippen molar-refractivity contribution in [2.24, 2.45) is 0 Å². The van der Waals surface area contributed by atoms with Gasteiger partial charge in [-0.25, -0.2) is 0 Å². The van der Waals surface area contributed by atoms with Crippen LogP contribution in [0.25, 0.3) is 0 Å². The molecule has 0 radical (unpaired) electrons. The number of alkyl halides is 5. The van der Waals surface area contributed by atoms with Crippen molar-refractivity contribution in [1.29, 1.82) is 0 Å². The van der Waals surface area contributed by atoms with Crippen molar-refractivity contribution in [3.8, 4) is 11.5 Å². The molecule has 0 aliphatic carbocycles. The third kappa shape index (κ3) is 3.99. The fourth-order valence-electron chi connectivity index (χ4n) is 1.60. The smallest absolute Gasteiger partial charge is 0.463 e. The quantitative estimate of drug-likeness (QED) is 0.817. The molecule has 0 aliphatic heterocycles. The first kappa shape index (κ1) is 18.0. The molecule has 22 heavy (non-hydrogen) atoms. The highest BCUT2D eigenvalue weighted by Gasteiger charge is 2.63. The zero-order chi connectivity index (χ0) is 17.0. The van der Waals surface area contributed by atoms with Crippen LogP contribution in [0.5, 0.6) is 11.5 Å². The first-order valence-corrected chi connectivity index (χ1v) is 6.07. The molecular weight excluding hydrogens is 313 g/mol. The lowest BCUT2D eigenvalue weighted by molar-refractivity contribution is -0.269. The molecule has 0 heterocycles. The number of amides is 1. The van der Waals surface area contributed by atoms with Gasteiger partial charge in [-0.2, -0.15) is 22.0 Å². The minimum absolute atomic E-state index is 0.0556. The Hall–Kier alpha value is -2.06. The number of carbonyl (C=O) groups is 1. The van der Waals surface area contributed by atoms with E-state index < -0.39 is 18.0 Å². The summed E-state index contributed by atoms with van der Waals surface area (Å²) in [6.45, 7) is -0.375. The molecule has 1 N–H and O–H groups in total. The van der Waals surface area contributed by atoms with Gasteiger partial charge in [0.25, 0.3) is 5.91 Å². The molecular formula is C13H14F5NO3. The predicted octanol–water partition coefficient (Wildman–Crippen LogP) is 2.56. The number of methoxy groups -OCH3 is 2. The minimum atomic E-state index is -5.92. The molecule has 1 rings (SSSR count). The van der Waals surface area contributed by atoms with Crippen LogP contribution in [0.4, 0.5) is 22.0 Å². The second-order valence-corrected chi connectivity index (χ2v) is 4.27. The fraction of sp³-hybridized carbons (Fsp3) is 0.462. The van der Waals surface area contributed by atoms with Crippen LogP contribution in [0.15, 0.2) is 18.2 Å². The molecule has 0 bridgehead atoms. The highest BCUT2D eigenvalue weighted by atomic mass is 19.4.